The molecule has 1 amide bonds. The maximum absolute atomic E-state index is 13.2. The van der Waals surface area contributed by atoms with Crippen LogP contribution in [0.5, 0.6) is 0 Å². The number of nitro groups is 1. The number of carbonyl (C=O) groups is 1. The second kappa shape index (κ2) is 5.54. The van der Waals surface area contributed by atoms with Crippen LogP contribution in [0, 0.1) is 15.9 Å². The third-order valence-electron chi connectivity index (χ3n) is 3.67. The number of amides is 1. The summed E-state index contributed by atoms with van der Waals surface area (Å²) in [6.07, 6.45) is 2.78. The van der Waals surface area contributed by atoms with Gasteiger partial charge in [0.05, 0.1) is 10.5 Å². The molecule has 0 bridgehead atoms. The van der Waals surface area contributed by atoms with Crippen LogP contribution in [-0.4, -0.2) is 30.1 Å². The molecule has 1 aromatic carbocycles. The van der Waals surface area contributed by atoms with Gasteiger partial charge in [-0.25, -0.2) is 0 Å². The molecule has 0 unspecified atom stereocenters. The van der Waals surface area contributed by atoms with E-state index in [0.717, 1.165) is 31.4 Å². The maximum Gasteiger partial charge on any atom is 0.305 e. The number of nitro benzene ring substituents is 1. The third kappa shape index (κ3) is 2.77. The number of rotatable bonds is 5. The Morgan fingerprint density at radius 2 is 2.25 bits per heavy atom. The summed E-state index contributed by atoms with van der Waals surface area (Å²) < 4.78 is 18.5. The van der Waals surface area contributed by atoms with Crippen LogP contribution in [0.15, 0.2) is 18.2 Å². The van der Waals surface area contributed by atoms with Gasteiger partial charge >= 0.3 is 5.69 Å². The molecule has 1 aliphatic rings. The van der Waals surface area contributed by atoms with Crippen LogP contribution in [0.3, 0.4) is 0 Å². The highest BCUT2D eigenvalue weighted by Crippen LogP contribution is 2.34. The molecule has 1 saturated carbocycles. The molecule has 0 spiro atoms. The number of hydrogen-bond donors (Lipinski definition) is 1. The molecule has 20 heavy (non-hydrogen) atoms. The lowest BCUT2D eigenvalue weighted by Crippen LogP contribution is -2.49. The van der Waals surface area contributed by atoms with Crippen LogP contribution in [-0.2, 0) is 4.74 Å². The smallest absolute Gasteiger partial charge is 0.305 e. The van der Waals surface area contributed by atoms with E-state index in [1.54, 1.807) is 7.11 Å². The number of benzene rings is 1. The van der Waals surface area contributed by atoms with Crippen molar-refractivity contribution in [2.24, 2.45) is 0 Å². The second-order valence-corrected chi connectivity index (χ2v) is 4.85. The van der Waals surface area contributed by atoms with Gasteiger partial charge < -0.3 is 10.1 Å². The number of nitrogens with zero attached hydrogens (tertiary/aromatic N) is 1. The lowest BCUT2D eigenvalue weighted by Gasteiger charge is -2.40. The van der Waals surface area contributed by atoms with Crippen LogP contribution in [0.2, 0.25) is 0 Å². The Morgan fingerprint density at radius 3 is 2.75 bits per heavy atom. The van der Waals surface area contributed by atoms with Gasteiger partial charge in [-0.05, 0) is 31.4 Å². The molecule has 7 heteroatoms. The van der Waals surface area contributed by atoms with Gasteiger partial charge in [0.1, 0.15) is 0 Å². The SMILES string of the molecule is COC1(CNC(=O)c2ccc(F)c([N+](=O)[O-])c2)CCC1. The van der Waals surface area contributed by atoms with E-state index < -0.39 is 22.3 Å². The molecule has 0 radical (unpaired) electrons. The molecule has 2 rings (SSSR count). The predicted molar refractivity (Wildman–Crippen MR) is 69.0 cm³/mol. The van der Waals surface area contributed by atoms with Gasteiger partial charge in [0.2, 0.25) is 5.82 Å². The number of carbonyl (C=O) groups excluding carboxylic acids is 1. The first-order chi connectivity index (χ1) is 9.47. The molecule has 6 nitrogen and oxygen atoms in total. The highest BCUT2D eigenvalue weighted by molar-refractivity contribution is 5.94. The van der Waals surface area contributed by atoms with Crippen molar-refractivity contribution < 1.29 is 18.8 Å². The molecule has 1 aliphatic carbocycles. The summed E-state index contributed by atoms with van der Waals surface area (Å²) in [6.45, 7) is 0.341. The average molecular weight is 282 g/mol. The van der Waals surface area contributed by atoms with E-state index in [0.29, 0.717) is 6.54 Å². The van der Waals surface area contributed by atoms with Gasteiger partial charge in [-0.1, -0.05) is 0 Å². The molecule has 0 aliphatic heterocycles. The standard InChI is InChI=1S/C13H15FN2O4/c1-20-13(5-2-6-13)8-15-12(17)9-3-4-10(14)11(7-9)16(18)19/h3-4,7H,2,5-6,8H2,1H3,(H,15,17). The molecular formula is C13H15FN2O4. The topological polar surface area (TPSA) is 81.5 Å². The summed E-state index contributed by atoms with van der Waals surface area (Å²) in [5.74, 6) is -1.43. The van der Waals surface area contributed by atoms with Crippen molar-refractivity contribution in [3.05, 3.63) is 39.7 Å². The molecule has 1 aromatic rings. The van der Waals surface area contributed by atoms with Gasteiger partial charge in [-0.3, -0.25) is 14.9 Å². The molecule has 0 atom stereocenters. The largest absolute Gasteiger partial charge is 0.376 e. The molecule has 1 N–H and O–H groups in total. The van der Waals surface area contributed by atoms with Crippen molar-refractivity contribution >= 4 is 11.6 Å². The fraction of sp³-hybridized carbons (Fsp3) is 0.462. The first-order valence-corrected chi connectivity index (χ1v) is 6.25. The third-order valence-corrected chi connectivity index (χ3v) is 3.67. The number of methoxy groups -OCH3 is 1. The summed E-state index contributed by atoms with van der Waals surface area (Å²) in [4.78, 5) is 21.7. The molecule has 0 heterocycles. The van der Waals surface area contributed by atoms with Gasteiger partial charge in [-0.15, -0.1) is 0 Å². The summed E-state index contributed by atoms with van der Waals surface area (Å²) in [7, 11) is 1.59. The van der Waals surface area contributed by atoms with E-state index in [1.807, 2.05) is 0 Å². The zero-order valence-electron chi connectivity index (χ0n) is 11.0. The minimum Gasteiger partial charge on any atom is -0.376 e. The predicted octanol–water partition coefficient (Wildman–Crippen LogP) is 2.03. The van der Waals surface area contributed by atoms with Crippen molar-refractivity contribution in [3.8, 4) is 0 Å². The molecule has 0 saturated heterocycles. The summed E-state index contributed by atoms with van der Waals surface area (Å²) in [5, 5.41) is 13.3. The van der Waals surface area contributed by atoms with E-state index in [-0.39, 0.29) is 11.2 Å². The van der Waals surface area contributed by atoms with Gasteiger partial charge in [0, 0.05) is 25.3 Å². The van der Waals surface area contributed by atoms with E-state index in [4.69, 9.17) is 4.74 Å². The van der Waals surface area contributed by atoms with Crippen molar-refractivity contribution in [2.45, 2.75) is 24.9 Å². The lowest BCUT2D eigenvalue weighted by atomic mass is 9.80. The molecule has 108 valence electrons. The number of hydrogen-bond acceptors (Lipinski definition) is 4. The summed E-state index contributed by atoms with van der Waals surface area (Å²) in [5.41, 5.74) is -0.979. The van der Waals surface area contributed by atoms with Crippen LogP contribution >= 0.6 is 0 Å². The monoisotopic (exact) mass is 282 g/mol. The van der Waals surface area contributed by atoms with Crippen LogP contribution in [0.1, 0.15) is 29.6 Å². The van der Waals surface area contributed by atoms with Gasteiger partial charge in [0.15, 0.2) is 0 Å². The first-order valence-electron chi connectivity index (χ1n) is 6.25. The van der Waals surface area contributed by atoms with E-state index >= 15 is 0 Å². The van der Waals surface area contributed by atoms with Crippen molar-refractivity contribution in [1.82, 2.24) is 5.32 Å². The quantitative estimate of drug-likeness (QED) is 0.661. The Balaban J connectivity index is 2.06. The number of halogens is 1. The maximum atomic E-state index is 13.2. The Labute approximate surface area is 115 Å². The van der Waals surface area contributed by atoms with Crippen LogP contribution < -0.4 is 5.32 Å². The summed E-state index contributed by atoms with van der Waals surface area (Å²) in [6, 6.07) is 3.07. The molecule has 0 aromatic heterocycles. The van der Waals surface area contributed by atoms with E-state index in [1.165, 1.54) is 6.07 Å². The second-order valence-electron chi connectivity index (χ2n) is 4.85. The van der Waals surface area contributed by atoms with E-state index in [9.17, 15) is 19.3 Å². The van der Waals surface area contributed by atoms with Crippen LogP contribution in [0.4, 0.5) is 10.1 Å². The minimum absolute atomic E-state index is 0.0590. The minimum atomic E-state index is -0.959. The number of ether oxygens (including phenoxy) is 1. The fourth-order valence-electron chi connectivity index (χ4n) is 2.16. The fourth-order valence-corrected chi connectivity index (χ4v) is 2.16. The number of nitrogens with one attached hydrogen (secondary N) is 1. The van der Waals surface area contributed by atoms with Crippen molar-refractivity contribution in [3.63, 3.8) is 0 Å². The highest BCUT2D eigenvalue weighted by Gasteiger charge is 2.37. The zero-order chi connectivity index (χ0) is 14.8. The molecule has 1 fully saturated rings. The van der Waals surface area contributed by atoms with Gasteiger partial charge in [0.25, 0.3) is 5.91 Å². The van der Waals surface area contributed by atoms with E-state index in [2.05, 4.69) is 5.32 Å². The average Bonchev–Trinajstić information content (AvgIpc) is 2.38. The Morgan fingerprint density at radius 1 is 1.55 bits per heavy atom. The zero-order valence-corrected chi connectivity index (χ0v) is 11.0. The lowest BCUT2D eigenvalue weighted by molar-refractivity contribution is -0.387. The Hall–Kier alpha value is -2.02. The summed E-state index contributed by atoms with van der Waals surface area (Å²) >= 11 is 0. The van der Waals surface area contributed by atoms with Crippen molar-refractivity contribution in [2.75, 3.05) is 13.7 Å². The Kier molecular flexibility index (Phi) is 3.99. The van der Waals surface area contributed by atoms with Gasteiger partial charge in [-0.2, -0.15) is 4.39 Å². The normalized spacial score (nSPS) is 16.3. The first kappa shape index (κ1) is 14.4. The van der Waals surface area contributed by atoms with Crippen molar-refractivity contribution in [1.29, 1.82) is 0 Å². The highest BCUT2D eigenvalue weighted by atomic mass is 19.1. The molecular weight excluding hydrogens is 267 g/mol. The Bertz CT molecular complexity index is 538. The van der Waals surface area contributed by atoms with Crippen LogP contribution in [0.25, 0.3) is 0 Å².